The minimum atomic E-state index is -4.76. The summed E-state index contributed by atoms with van der Waals surface area (Å²) in [5.74, 6) is -1.06. The van der Waals surface area contributed by atoms with Crippen LogP contribution >= 0.6 is 11.8 Å². The lowest BCUT2D eigenvalue weighted by Crippen LogP contribution is -2.25. The molecule has 9 heteroatoms. The fraction of sp³-hybridized carbons (Fsp3) is 0. The van der Waals surface area contributed by atoms with Crippen molar-refractivity contribution < 1.29 is 22.6 Å². The molecule has 0 unspecified atom stereocenters. The zero-order chi connectivity index (χ0) is 22.3. The number of benzene rings is 3. The average Bonchev–Trinajstić information content (AvgIpc) is 2.72. The van der Waals surface area contributed by atoms with Crippen LogP contribution in [0.5, 0.6) is 0 Å². The maximum Gasteiger partial charge on any atom is 0.296 e. The Labute approximate surface area is 182 Å². The molecule has 0 saturated heterocycles. The van der Waals surface area contributed by atoms with Crippen LogP contribution in [0, 0.1) is 0 Å². The zero-order valence-corrected chi connectivity index (χ0v) is 17.6. The summed E-state index contributed by atoms with van der Waals surface area (Å²) in [6, 6.07) is 14.4. The number of ketones is 2. The Balaban J connectivity index is 1.98. The fourth-order valence-corrected chi connectivity index (χ4v) is 4.70. The third-order valence-corrected chi connectivity index (χ3v) is 6.40. The van der Waals surface area contributed by atoms with Crippen LogP contribution in [0.4, 0.5) is 17.1 Å². The van der Waals surface area contributed by atoms with Crippen LogP contribution in [0.2, 0.25) is 0 Å². The van der Waals surface area contributed by atoms with E-state index in [-0.39, 0.29) is 27.9 Å². The third-order valence-electron chi connectivity index (χ3n) is 4.81. The fourth-order valence-electron chi connectivity index (χ4n) is 3.50. The number of nitrogen functional groups attached to an aromatic ring is 1. The molecule has 1 aliphatic rings. The zero-order valence-electron chi connectivity index (χ0n) is 16.0. The first-order valence-electron chi connectivity index (χ1n) is 8.99. The van der Waals surface area contributed by atoms with Gasteiger partial charge in [0.15, 0.2) is 11.6 Å². The molecule has 0 spiro atoms. The van der Waals surface area contributed by atoms with Crippen LogP contribution in [0.3, 0.4) is 0 Å². The minimum Gasteiger partial charge on any atom is -0.397 e. The molecule has 0 heterocycles. The molecule has 4 rings (SSSR count). The Kier molecular flexibility index (Phi) is 5.18. The topological polar surface area (TPSA) is 127 Å². The number of fused-ring (bicyclic) bond motifs is 2. The Morgan fingerprint density at radius 3 is 2.23 bits per heavy atom. The lowest BCUT2D eigenvalue weighted by atomic mass is 9.82. The van der Waals surface area contributed by atoms with Crippen molar-refractivity contribution in [3.8, 4) is 0 Å². The highest BCUT2D eigenvalue weighted by atomic mass is 32.2. The SMILES string of the molecule is C=CSc1cccc(Nc2cc(S(=O)(=O)O)c(N)c3c2C(=O)c2ccccc2C3=O)c1. The number of rotatable bonds is 5. The molecule has 0 amide bonds. The highest BCUT2D eigenvalue weighted by molar-refractivity contribution is 8.02. The first-order valence-corrected chi connectivity index (χ1v) is 11.3. The molecule has 4 N–H and O–H groups in total. The monoisotopic (exact) mass is 452 g/mol. The molecular formula is C22H16N2O5S2. The number of nitrogens with two attached hydrogens (primary N) is 1. The molecule has 0 radical (unpaired) electrons. The smallest absolute Gasteiger partial charge is 0.296 e. The maximum absolute atomic E-state index is 13.3. The van der Waals surface area contributed by atoms with Crippen molar-refractivity contribution in [2.75, 3.05) is 11.1 Å². The van der Waals surface area contributed by atoms with Gasteiger partial charge in [0.25, 0.3) is 10.1 Å². The number of carbonyl (C=O) groups excluding carboxylic acids is 2. The van der Waals surface area contributed by atoms with Crippen LogP contribution in [0.15, 0.2) is 76.4 Å². The van der Waals surface area contributed by atoms with E-state index in [1.165, 1.54) is 23.9 Å². The summed E-state index contributed by atoms with van der Waals surface area (Å²) in [6.07, 6.45) is 0. The second-order valence-electron chi connectivity index (χ2n) is 6.70. The molecule has 0 atom stereocenters. The van der Waals surface area contributed by atoms with Gasteiger partial charge in [0.05, 0.1) is 22.5 Å². The van der Waals surface area contributed by atoms with E-state index in [9.17, 15) is 22.6 Å². The standard InChI is InChI=1S/C22H16N2O5S2/c1-2-30-13-7-5-6-12(10-13)24-16-11-17(31(27,28)29)20(23)19-18(16)21(25)14-8-3-4-9-15(14)22(19)26/h2-11,24H,1,23H2,(H,27,28,29). The average molecular weight is 453 g/mol. The Morgan fingerprint density at radius 1 is 0.968 bits per heavy atom. The highest BCUT2D eigenvalue weighted by Gasteiger charge is 2.36. The van der Waals surface area contributed by atoms with Crippen molar-refractivity contribution >= 4 is 50.5 Å². The van der Waals surface area contributed by atoms with Gasteiger partial charge in [0, 0.05) is 21.7 Å². The van der Waals surface area contributed by atoms with Gasteiger partial charge in [0.2, 0.25) is 0 Å². The first kappa shape index (κ1) is 20.9. The molecule has 0 aromatic heterocycles. The van der Waals surface area contributed by atoms with E-state index in [2.05, 4.69) is 11.9 Å². The van der Waals surface area contributed by atoms with Gasteiger partial charge in [-0.3, -0.25) is 14.1 Å². The second kappa shape index (κ2) is 7.69. The molecule has 0 bridgehead atoms. The number of anilines is 3. The van der Waals surface area contributed by atoms with Gasteiger partial charge >= 0.3 is 0 Å². The van der Waals surface area contributed by atoms with Gasteiger partial charge < -0.3 is 11.1 Å². The largest absolute Gasteiger partial charge is 0.397 e. The van der Waals surface area contributed by atoms with Crippen LogP contribution in [-0.2, 0) is 10.1 Å². The summed E-state index contributed by atoms with van der Waals surface area (Å²) in [5, 5.41) is 4.65. The highest BCUT2D eigenvalue weighted by Crippen LogP contribution is 2.40. The van der Waals surface area contributed by atoms with E-state index in [1.807, 2.05) is 6.07 Å². The van der Waals surface area contributed by atoms with Gasteiger partial charge in [-0.25, -0.2) is 0 Å². The molecular weight excluding hydrogens is 436 g/mol. The molecule has 3 aromatic carbocycles. The maximum atomic E-state index is 13.3. The molecule has 3 aromatic rings. The quantitative estimate of drug-likeness (QED) is 0.233. The van der Waals surface area contributed by atoms with E-state index < -0.39 is 32.3 Å². The Morgan fingerprint density at radius 2 is 1.61 bits per heavy atom. The number of nitrogens with one attached hydrogen (secondary N) is 1. The van der Waals surface area contributed by atoms with E-state index in [4.69, 9.17) is 5.73 Å². The Hall–Kier alpha value is -3.40. The molecule has 0 fully saturated rings. The van der Waals surface area contributed by atoms with E-state index >= 15 is 0 Å². The molecule has 156 valence electrons. The van der Waals surface area contributed by atoms with Crippen LogP contribution in [0.1, 0.15) is 31.8 Å². The first-order chi connectivity index (χ1) is 14.7. The van der Waals surface area contributed by atoms with E-state index in [0.29, 0.717) is 5.69 Å². The number of carbonyl (C=O) groups is 2. The lowest BCUT2D eigenvalue weighted by molar-refractivity contribution is 0.0980. The van der Waals surface area contributed by atoms with Crippen LogP contribution in [-0.4, -0.2) is 24.5 Å². The summed E-state index contributed by atoms with van der Waals surface area (Å²) in [7, 11) is -4.76. The van der Waals surface area contributed by atoms with E-state index in [1.54, 1.807) is 35.7 Å². The number of hydrogen-bond donors (Lipinski definition) is 3. The second-order valence-corrected chi connectivity index (χ2v) is 9.13. The van der Waals surface area contributed by atoms with Gasteiger partial charge in [-0.2, -0.15) is 8.42 Å². The minimum absolute atomic E-state index is 0.0459. The molecule has 7 nitrogen and oxygen atoms in total. The number of thioether (sulfide) groups is 1. The van der Waals surface area contributed by atoms with Crippen LogP contribution in [0.25, 0.3) is 0 Å². The van der Waals surface area contributed by atoms with Crippen molar-refractivity contribution in [2.24, 2.45) is 0 Å². The van der Waals surface area contributed by atoms with Crippen molar-refractivity contribution in [1.82, 2.24) is 0 Å². The van der Waals surface area contributed by atoms with Crippen molar-refractivity contribution in [2.45, 2.75) is 9.79 Å². The summed E-state index contributed by atoms with van der Waals surface area (Å²) in [4.78, 5) is 26.6. The third kappa shape index (κ3) is 3.63. The lowest BCUT2D eigenvalue weighted by Gasteiger charge is -2.23. The molecule has 1 aliphatic carbocycles. The number of hydrogen-bond acceptors (Lipinski definition) is 7. The summed E-state index contributed by atoms with van der Waals surface area (Å²) >= 11 is 1.38. The van der Waals surface area contributed by atoms with Crippen molar-refractivity contribution in [3.05, 3.63) is 88.8 Å². The van der Waals surface area contributed by atoms with Crippen molar-refractivity contribution in [1.29, 1.82) is 0 Å². The predicted octanol–water partition coefficient (Wildman–Crippen LogP) is 4.27. The summed E-state index contributed by atoms with van der Waals surface area (Å²) in [6.45, 7) is 3.67. The van der Waals surface area contributed by atoms with Gasteiger partial charge in [-0.1, -0.05) is 48.7 Å². The summed E-state index contributed by atoms with van der Waals surface area (Å²) in [5.41, 5.74) is 6.11. The van der Waals surface area contributed by atoms with Crippen molar-refractivity contribution in [3.63, 3.8) is 0 Å². The summed E-state index contributed by atoms with van der Waals surface area (Å²) < 4.78 is 33.6. The normalized spacial score (nSPS) is 12.8. The molecule has 0 aliphatic heterocycles. The predicted molar refractivity (Wildman–Crippen MR) is 120 cm³/mol. The van der Waals surface area contributed by atoms with Crippen LogP contribution < -0.4 is 11.1 Å². The van der Waals surface area contributed by atoms with E-state index in [0.717, 1.165) is 11.0 Å². The van der Waals surface area contributed by atoms with Gasteiger partial charge in [-0.15, -0.1) is 0 Å². The molecule has 0 saturated carbocycles. The Bertz CT molecular complexity index is 1380. The molecule has 31 heavy (non-hydrogen) atoms. The van der Waals surface area contributed by atoms with Gasteiger partial charge in [0.1, 0.15) is 4.90 Å². The van der Waals surface area contributed by atoms with Gasteiger partial charge in [-0.05, 0) is 29.7 Å².